The zero-order valence-electron chi connectivity index (χ0n) is 17.9. The van der Waals surface area contributed by atoms with Crippen molar-refractivity contribution in [2.75, 3.05) is 5.32 Å². The molecule has 12 heteroatoms. The average Bonchev–Trinajstić information content (AvgIpc) is 3.34. The topological polar surface area (TPSA) is 90.0 Å². The van der Waals surface area contributed by atoms with Crippen LogP contribution in [0.1, 0.15) is 48.2 Å². The molecule has 8 nitrogen and oxygen atoms in total. The molecule has 0 radical (unpaired) electrons. The molecular formula is C21H19ClF3N7O. The first kappa shape index (κ1) is 22.7. The summed E-state index contributed by atoms with van der Waals surface area (Å²) in [5, 5.41) is 11.0. The highest BCUT2D eigenvalue weighted by Gasteiger charge is 2.36. The molecule has 0 saturated carbocycles. The first-order valence-electron chi connectivity index (χ1n) is 9.84. The fourth-order valence-corrected chi connectivity index (χ4v) is 3.26. The van der Waals surface area contributed by atoms with Crippen molar-refractivity contribution in [1.29, 1.82) is 0 Å². The van der Waals surface area contributed by atoms with Gasteiger partial charge >= 0.3 is 6.18 Å². The number of anilines is 1. The molecule has 0 spiro atoms. The quantitative estimate of drug-likeness (QED) is 0.464. The number of amides is 1. The highest BCUT2D eigenvalue weighted by atomic mass is 35.5. The largest absolute Gasteiger partial charge is 0.433 e. The van der Waals surface area contributed by atoms with E-state index >= 15 is 0 Å². The number of carbonyl (C=O) groups excluding carboxylic acids is 1. The van der Waals surface area contributed by atoms with Gasteiger partial charge < -0.3 is 0 Å². The standard InChI is InChI=1S/C21H19ClF3N7O/c1-20(2,3)15-9-16(21(23,24)25)32-17(27-15)8-14(29-32)18(33)28-19-26-11-31(30-19)10-12-6-4-5-7-13(12)22/h4-9,11H,10H2,1-3H3,(H,28,30,33). The van der Waals surface area contributed by atoms with Crippen LogP contribution in [0.3, 0.4) is 0 Å². The van der Waals surface area contributed by atoms with E-state index in [1.54, 1.807) is 32.9 Å². The van der Waals surface area contributed by atoms with Crippen LogP contribution in [0.2, 0.25) is 5.02 Å². The molecule has 0 fully saturated rings. The smallest absolute Gasteiger partial charge is 0.288 e. The summed E-state index contributed by atoms with van der Waals surface area (Å²) < 4.78 is 43.0. The van der Waals surface area contributed by atoms with Crippen LogP contribution < -0.4 is 5.32 Å². The van der Waals surface area contributed by atoms with E-state index in [0.717, 1.165) is 11.6 Å². The second-order valence-electron chi connectivity index (χ2n) is 8.39. The lowest BCUT2D eigenvalue weighted by Gasteiger charge is -2.19. The number of halogens is 4. The summed E-state index contributed by atoms with van der Waals surface area (Å²) in [7, 11) is 0. The zero-order valence-corrected chi connectivity index (χ0v) is 18.6. The molecule has 1 N–H and O–H groups in total. The lowest BCUT2D eigenvalue weighted by Crippen LogP contribution is -2.20. The Bertz CT molecular complexity index is 1340. The number of hydrogen-bond acceptors (Lipinski definition) is 5. The summed E-state index contributed by atoms with van der Waals surface area (Å²) in [6, 6.07) is 9.35. The molecule has 0 saturated heterocycles. The lowest BCUT2D eigenvalue weighted by atomic mass is 9.91. The van der Waals surface area contributed by atoms with E-state index in [2.05, 4.69) is 25.5 Å². The van der Waals surface area contributed by atoms with Crippen molar-refractivity contribution in [2.45, 2.75) is 38.9 Å². The van der Waals surface area contributed by atoms with Crippen molar-refractivity contribution in [3.05, 3.63) is 70.4 Å². The molecule has 1 amide bonds. The number of hydrogen-bond donors (Lipinski definition) is 1. The number of alkyl halides is 3. The van der Waals surface area contributed by atoms with Gasteiger partial charge in [-0.3, -0.25) is 10.1 Å². The highest BCUT2D eigenvalue weighted by Crippen LogP contribution is 2.32. The van der Waals surface area contributed by atoms with Crippen molar-refractivity contribution in [3.8, 4) is 0 Å². The number of fused-ring (bicyclic) bond motifs is 1. The highest BCUT2D eigenvalue weighted by molar-refractivity contribution is 6.31. The van der Waals surface area contributed by atoms with Crippen molar-refractivity contribution in [3.63, 3.8) is 0 Å². The summed E-state index contributed by atoms with van der Waals surface area (Å²) >= 11 is 6.14. The molecule has 4 rings (SSSR count). The Morgan fingerprint density at radius 3 is 2.52 bits per heavy atom. The van der Waals surface area contributed by atoms with Gasteiger partial charge in [0.25, 0.3) is 5.91 Å². The molecule has 0 unspecified atom stereocenters. The molecule has 0 atom stereocenters. The van der Waals surface area contributed by atoms with Crippen molar-refractivity contribution < 1.29 is 18.0 Å². The number of nitrogens with zero attached hydrogens (tertiary/aromatic N) is 6. The molecular weight excluding hydrogens is 459 g/mol. The first-order chi connectivity index (χ1) is 15.4. The molecule has 3 heterocycles. The third-order valence-corrected chi connectivity index (χ3v) is 5.14. The van der Waals surface area contributed by atoms with E-state index in [1.165, 1.54) is 17.1 Å². The summed E-state index contributed by atoms with van der Waals surface area (Å²) in [5.41, 5.74) is -0.943. The molecule has 33 heavy (non-hydrogen) atoms. The second kappa shape index (κ2) is 8.14. The maximum atomic E-state index is 13.6. The van der Waals surface area contributed by atoms with Crippen LogP contribution in [0, 0.1) is 0 Å². The molecule has 0 aliphatic carbocycles. The minimum Gasteiger partial charge on any atom is -0.288 e. The molecule has 0 bridgehead atoms. The van der Waals surface area contributed by atoms with Crippen LogP contribution in [0.25, 0.3) is 5.65 Å². The Labute approximate surface area is 191 Å². The number of aromatic nitrogens is 6. The SMILES string of the molecule is CC(C)(C)c1cc(C(F)(F)F)n2nc(C(=O)Nc3ncn(Cc4ccccc4Cl)n3)cc2n1. The van der Waals surface area contributed by atoms with Gasteiger partial charge in [0.1, 0.15) is 12.0 Å². The van der Waals surface area contributed by atoms with E-state index in [-0.39, 0.29) is 23.0 Å². The number of nitrogens with one attached hydrogen (secondary N) is 1. The van der Waals surface area contributed by atoms with Gasteiger partial charge in [0.2, 0.25) is 5.95 Å². The average molecular weight is 478 g/mol. The minimum atomic E-state index is -4.68. The Morgan fingerprint density at radius 1 is 1.12 bits per heavy atom. The number of benzene rings is 1. The van der Waals surface area contributed by atoms with Gasteiger partial charge in [-0.1, -0.05) is 50.6 Å². The van der Waals surface area contributed by atoms with Gasteiger partial charge in [-0.05, 0) is 17.7 Å². The van der Waals surface area contributed by atoms with Crippen LogP contribution in [0.15, 0.2) is 42.7 Å². The molecule has 1 aromatic carbocycles. The van der Waals surface area contributed by atoms with E-state index < -0.39 is 23.2 Å². The van der Waals surface area contributed by atoms with Crippen molar-refractivity contribution >= 4 is 29.1 Å². The van der Waals surface area contributed by atoms with Crippen LogP contribution in [-0.4, -0.2) is 35.3 Å². The fraction of sp³-hybridized carbons (Fsp3) is 0.286. The van der Waals surface area contributed by atoms with Crippen molar-refractivity contribution in [2.24, 2.45) is 0 Å². The number of carbonyl (C=O) groups is 1. The van der Waals surface area contributed by atoms with Gasteiger partial charge in [-0.2, -0.15) is 18.3 Å². The Hall–Kier alpha value is -3.47. The summed E-state index contributed by atoms with van der Waals surface area (Å²) in [6.45, 7) is 5.58. The predicted molar refractivity (Wildman–Crippen MR) is 115 cm³/mol. The summed E-state index contributed by atoms with van der Waals surface area (Å²) in [5.74, 6) is -0.787. The number of rotatable bonds is 4. The Kier molecular flexibility index (Phi) is 5.61. The van der Waals surface area contributed by atoms with Crippen LogP contribution >= 0.6 is 11.6 Å². The lowest BCUT2D eigenvalue weighted by molar-refractivity contribution is -0.142. The third-order valence-electron chi connectivity index (χ3n) is 4.77. The second-order valence-corrected chi connectivity index (χ2v) is 8.79. The maximum absolute atomic E-state index is 13.6. The molecule has 0 aliphatic heterocycles. The molecule has 172 valence electrons. The van der Waals surface area contributed by atoms with Crippen molar-refractivity contribution in [1.82, 2.24) is 29.4 Å². The molecule has 3 aromatic heterocycles. The van der Waals surface area contributed by atoms with Gasteiger partial charge in [-0.25, -0.2) is 19.2 Å². The van der Waals surface area contributed by atoms with Crippen LogP contribution in [-0.2, 0) is 18.1 Å². The summed E-state index contributed by atoms with van der Waals surface area (Å²) in [4.78, 5) is 20.9. The fourth-order valence-electron chi connectivity index (χ4n) is 3.07. The Balaban J connectivity index is 1.60. The van der Waals surface area contributed by atoms with Gasteiger partial charge in [0.15, 0.2) is 11.3 Å². The first-order valence-corrected chi connectivity index (χ1v) is 10.2. The van der Waals surface area contributed by atoms with Crippen LogP contribution in [0.5, 0.6) is 0 Å². The molecule has 4 aromatic rings. The van der Waals surface area contributed by atoms with Crippen LogP contribution in [0.4, 0.5) is 19.1 Å². The Morgan fingerprint density at radius 2 is 1.85 bits per heavy atom. The zero-order chi connectivity index (χ0) is 24.0. The minimum absolute atomic E-state index is 0.0245. The van der Waals surface area contributed by atoms with Gasteiger partial charge in [-0.15, -0.1) is 5.10 Å². The van der Waals surface area contributed by atoms with Gasteiger partial charge in [0, 0.05) is 16.5 Å². The predicted octanol–water partition coefficient (Wildman–Crippen LogP) is 4.59. The molecule has 0 aliphatic rings. The van der Waals surface area contributed by atoms with Gasteiger partial charge in [0.05, 0.1) is 12.2 Å². The summed E-state index contributed by atoms with van der Waals surface area (Å²) in [6.07, 6.45) is -3.28. The van der Waals surface area contributed by atoms with E-state index in [1.807, 2.05) is 12.1 Å². The maximum Gasteiger partial charge on any atom is 0.433 e. The monoisotopic (exact) mass is 477 g/mol. The third kappa shape index (κ3) is 4.82. The van der Waals surface area contributed by atoms with E-state index in [9.17, 15) is 18.0 Å². The van der Waals surface area contributed by atoms with E-state index in [4.69, 9.17) is 11.6 Å². The normalized spacial score (nSPS) is 12.3. The van der Waals surface area contributed by atoms with E-state index in [0.29, 0.717) is 16.1 Å².